The lowest BCUT2D eigenvalue weighted by atomic mass is 10.1. The normalized spacial score (nSPS) is 23.9. The monoisotopic (exact) mass is 278 g/mol. The maximum absolute atomic E-state index is 5.64. The molecular weight excluding hydrogens is 252 g/mol. The highest BCUT2D eigenvalue weighted by Crippen LogP contribution is 2.18. The number of ether oxygens (including phenoxy) is 1. The Hall–Kier alpha value is -1.20. The molecular formula is C15H26N4O. The lowest BCUT2D eigenvalue weighted by Crippen LogP contribution is -2.47. The molecule has 1 saturated heterocycles. The molecule has 2 atom stereocenters. The fraction of sp³-hybridized carbons (Fsp3) is 0.733. The van der Waals surface area contributed by atoms with Crippen molar-refractivity contribution < 1.29 is 4.74 Å². The van der Waals surface area contributed by atoms with Gasteiger partial charge in [-0.15, -0.1) is 0 Å². The van der Waals surface area contributed by atoms with Crippen LogP contribution < -0.4 is 10.2 Å². The number of nitrogens with one attached hydrogen (secondary N) is 1. The molecule has 1 aromatic rings. The van der Waals surface area contributed by atoms with Crippen LogP contribution in [0.15, 0.2) is 12.4 Å². The van der Waals surface area contributed by atoms with E-state index in [1.54, 1.807) is 0 Å². The Morgan fingerprint density at radius 2 is 2.05 bits per heavy atom. The molecule has 0 saturated carbocycles. The summed E-state index contributed by atoms with van der Waals surface area (Å²) in [5, 5.41) is 3.42. The van der Waals surface area contributed by atoms with Gasteiger partial charge in [-0.2, -0.15) is 0 Å². The van der Waals surface area contributed by atoms with E-state index in [2.05, 4.69) is 54.8 Å². The van der Waals surface area contributed by atoms with Gasteiger partial charge in [0, 0.05) is 18.6 Å². The molecule has 5 nitrogen and oxygen atoms in total. The summed E-state index contributed by atoms with van der Waals surface area (Å²) in [7, 11) is 0. The minimum absolute atomic E-state index is 0.0918. The van der Waals surface area contributed by atoms with Gasteiger partial charge in [-0.05, 0) is 34.6 Å². The molecule has 2 unspecified atom stereocenters. The first-order valence-electron chi connectivity index (χ1n) is 7.29. The Morgan fingerprint density at radius 3 is 2.65 bits per heavy atom. The molecule has 0 amide bonds. The van der Waals surface area contributed by atoms with E-state index in [1.807, 2.05) is 12.4 Å². The van der Waals surface area contributed by atoms with E-state index in [1.165, 1.54) is 0 Å². The quantitative estimate of drug-likeness (QED) is 0.916. The van der Waals surface area contributed by atoms with Crippen molar-refractivity contribution in [2.24, 2.45) is 0 Å². The fourth-order valence-corrected chi connectivity index (χ4v) is 2.17. The summed E-state index contributed by atoms with van der Waals surface area (Å²) in [6.45, 7) is 13.0. The van der Waals surface area contributed by atoms with Crippen LogP contribution in [-0.2, 0) is 11.3 Å². The predicted octanol–water partition coefficient (Wildman–Crippen LogP) is 1.98. The van der Waals surface area contributed by atoms with E-state index in [9.17, 15) is 0 Å². The van der Waals surface area contributed by atoms with Gasteiger partial charge in [-0.1, -0.05) is 0 Å². The molecule has 5 heteroatoms. The van der Waals surface area contributed by atoms with Crippen molar-refractivity contribution in [1.29, 1.82) is 0 Å². The number of anilines is 1. The third kappa shape index (κ3) is 4.15. The van der Waals surface area contributed by atoms with Crippen LogP contribution in [0.4, 0.5) is 5.82 Å². The van der Waals surface area contributed by atoms with E-state index in [4.69, 9.17) is 4.74 Å². The van der Waals surface area contributed by atoms with Crippen LogP contribution in [0.1, 0.15) is 40.3 Å². The number of nitrogens with zero attached hydrogens (tertiary/aromatic N) is 3. The number of morpholine rings is 1. The second kappa shape index (κ2) is 6.06. The van der Waals surface area contributed by atoms with Gasteiger partial charge < -0.3 is 15.0 Å². The van der Waals surface area contributed by atoms with E-state index in [-0.39, 0.29) is 11.6 Å². The van der Waals surface area contributed by atoms with Crippen LogP contribution >= 0.6 is 0 Å². The maximum Gasteiger partial charge on any atom is 0.147 e. The third-order valence-corrected chi connectivity index (χ3v) is 3.39. The average Bonchev–Trinajstić information content (AvgIpc) is 2.39. The van der Waals surface area contributed by atoms with Crippen LogP contribution in [-0.4, -0.2) is 40.8 Å². The van der Waals surface area contributed by atoms with Gasteiger partial charge in [0.25, 0.3) is 0 Å². The summed E-state index contributed by atoms with van der Waals surface area (Å²) in [4.78, 5) is 11.3. The predicted molar refractivity (Wildman–Crippen MR) is 80.8 cm³/mol. The zero-order chi connectivity index (χ0) is 14.8. The van der Waals surface area contributed by atoms with Crippen molar-refractivity contribution in [2.75, 3.05) is 18.1 Å². The largest absolute Gasteiger partial charge is 0.375 e. The SMILES string of the molecule is CC1CN(c2cnc(CNC(C)(C)C)cn2)C(C)CO1. The summed E-state index contributed by atoms with van der Waals surface area (Å²) < 4.78 is 5.64. The standard InChI is InChI=1S/C15H26N4O/c1-11-10-20-12(2)9-19(11)14-8-16-13(6-17-14)7-18-15(3,4)5/h6,8,11-12,18H,7,9-10H2,1-5H3. The molecule has 20 heavy (non-hydrogen) atoms. The molecule has 2 rings (SSSR count). The van der Waals surface area contributed by atoms with Crippen LogP contribution in [0.25, 0.3) is 0 Å². The zero-order valence-electron chi connectivity index (χ0n) is 13.2. The van der Waals surface area contributed by atoms with Crippen molar-refractivity contribution >= 4 is 5.82 Å². The molecule has 1 aliphatic rings. The first-order chi connectivity index (χ1) is 9.35. The summed E-state index contributed by atoms with van der Waals surface area (Å²) in [5.41, 5.74) is 1.06. The van der Waals surface area contributed by atoms with Gasteiger partial charge >= 0.3 is 0 Å². The highest BCUT2D eigenvalue weighted by atomic mass is 16.5. The average molecular weight is 278 g/mol. The molecule has 0 bridgehead atoms. The van der Waals surface area contributed by atoms with Crippen LogP contribution in [0.3, 0.4) is 0 Å². The van der Waals surface area contributed by atoms with Crippen LogP contribution in [0.2, 0.25) is 0 Å². The van der Waals surface area contributed by atoms with Crippen molar-refractivity contribution in [1.82, 2.24) is 15.3 Å². The Labute approximate surface area is 121 Å². The Balaban J connectivity index is 2.00. The molecule has 0 spiro atoms. The highest BCUT2D eigenvalue weighted by Gasteiger charge is 2.24. The summed E-state index contributed by atoms with van der Waals surface area (Å²) in [6, 6.07) is 0.346. The van der Waals surface area contributed by atoms with Crippen molar-refractivity contribution in [3.63, 3.8) is 0 Å². The molecule has 0 radical (unpaired) electrons. The second-order valence-electron chi connectivity index (χ2n) is 6.61. The van der Waals surface area contributed by atoms with E-state index in [0.717, 1.165) is 31.2 Å². The number of hydrogen-bond acceptors (Lipinski definition) is 5. The zero-order valence-corrected chi connectivity index (χ0v) is 13.2. The van der Waals surface area contributed by atoms with Gasteiger partial charge in [0.1, 0.15) is 5.82 Å². The number of rotatable bonds is 3. The molecule has 1 aromatic heterocycles. The van der Waals surface area contributed by atoms with Crippen LogP contribution in [0.5, 0.6) is 0 Å². The van der Waals surface area contributed by atoms with Gasteiger partial charge in [0.15, 0.2) is 0 Å². The first kappa shape index (κ1) is 15.2. The lowest BCUT2D eigenvalue weighted by Gasteiger charge is -2.37. The lowest BCUT2D eigenvalue weighted by molar-refractivity contribution is 0.0340. The molecule has 2 heterocycles. The van der Waals surface area contributed by atoms with Crippen LogP contribution in [0, 0.1) is 0 Å². The molecule has 1 fully saturated rings. The van der Waals surface area contributed by atoms with Gasteiger partial charge in [-0.3, -0.25) is 4.98 Å². The summed E-state index contributed by atoms with van der Waals surface area (Å²) in [5.74, 6) is 0.937. The van der Waals surface area contributed by atoms with E-state index in [0.29, 0.717) is 6.04 Å². The molecule has 0 aliphatic carbocycles. The Bertz CT molecular complexity index is 426. The maximum atomic E-state index is 5.64. The first-order valence-corrected chi connectivity index (χ1v) is 7.29. The highest BCUT2D eigenvalue weighted by molar-refractivity contribution is 5.38. The molecule has 1 aliphatic heterocycles. The number of aromatic nitrogens is 2. The topological polar surface area (TPSA) is 50.3 Å². The smallest absolute Gasteiger partial charge is 0.147 e. The second-order valence-corrected chi connectivity index (χ2v) is 6.61. The fourth-order valence-electron chi connectivity index (χ4n) is 2.17. The van der Waals surface area contributed by atoms with Gasteiger partial charge in [-0.25, -0.2) is 4.98 Å². The molecule has 0 aromatic carbocycles. The van der Waals surface area contributed by atoms with Gasteiger partial charge in [0.05, 0.1) is 36.8 Å². The molecule has 112 valence electrons. The number of hydrogen-bond donors (Lipinski definition) is 1. The third-order valence-electron chi connectivity index (χ3n) is 3.39. The van der Waals surface area contributed by atoms with Crippen molar-refractivity contribution in [3.8, 4) is 0 Å². The van der Waals surface area contributed by atoms with E-state index < -0.39 is 0 Å². The molecule has 1 N–H and O–H groups in total. The van der Waals surface area contributed by atoms with E-state index >= 15 is 0 Å². The van der Waals surface area contributed by atoms with Crippen molar-refractivity contribution in [3.05, 3.63) is 18.1 Å². The Kier molecular flexibility index (Phi) is 4.60. The van der Waals surface area contributed by atoms with Gasteiger partial charge in [0.2, 0.25) is 0 Å². The summed E-state index contributed by atoms with van der Waals surface area (Å²) >= 11 is 0. The minimum Gasteiger partial charge on any atom is -0.375 e. The summed E-state index contributed by atoms with van der Waals surface area (Å²) in [6.07, 6.45) is 3.98. The van der Waals surface area contributed by atoms with Crippen molar-refractivity contribution in [2.45, 2.75) is 58.8 Å². The Morgan fingerprint density at radius 1 is 1.30 bits per heavy atom. The minimum atomic E-state index is 0.0918.